The first-order valence-electron chi connectivity index (χ1n) is 5.88. The van der Waals surface area contributed by atoms with Crippen molar-refractivity contribution in [1.29, 1.82) is 0 Å². The first-order valence-corrected chi connectivity index (χ1v) is 5.88. The van der Waals surface area contributed by atoms with Crippen LogP contribution in [0.3, 0.4) is 0 Å². The summed E-state index contributed by atoms with van der Waals surface area (Å²) in [5.74, 6) is 2.06. The molecule has 1 aliphatic heterocycles. The summed E-state index contributed by atoms with van der Waals surface area (Å²) in [7, 11) is 0. The van der Waals surface area contributed by atoms with E-state index in [-0.39, 0.29) is 0 Å². The monoisotopic (exact) mass is 194 g/mol. The molecule has 78 valence electrons. The molecular weight excluding hydrogens is 176 g/mol. The van der Waals surface area contributed by atoms with E-state index >= 15 is 0 Å². The molecule has 2 saturated carbocycles. The SMILES string of the molecule is O=C1CNCCN1C1C2CCCCC21. The van der Waals surface area contributed by atoms with Crippen molar-refractivity contribution in [3.05, 3.63) is 0 Å². The van der Waals surface area contributed by atoms with Gasteiger partial charge in [-0.1, -0.05) is 12.8 Å². The average molecular weight is 194 g/mol. The topological polar surface area (TPSA) is 32.3 Å². The zero-order chi connectivity index (χ0) is 9.54. The average Bonchev–Trinajstić information content (AvgIpc) is 2.93. The third kappa shape index (κ3) is 1.26. The lowest BCUT2D eigenvalue weighted by molar-refractivity contribution is -0.132. The van der Waals surface area contributed by atoms with Crippen LogP contribution in [0.15, 0.2) is 0 Å². The Kier molecular flexibility index (Phi) is 2.01. The molecule has 2 aliphatic carbocycles. The first kappa shape index (κ1) is 8.72. The van der Waals surface area contributed by atoms with E-state index in [9.17, 15) is 4.79 Å². The summed E-state index contributed by atoms with van der Waals surface area (Å²) in [6.45, 7) is 2.49. The van der Waals surface area contributed by atoms with E-state index in [1.165, 1.54) is 25.7 Å². The van der Waals surface area contributed by atoms with E-state index in [0.717, 1.165) is 24.9 Å². The van der Waals surface area contributed by atoms with E-state index in [1.54, 1.807) is 0 Å². The zero-order valence-corrected chi connectivity index (χ0v) is 8.54. The van der Waals surface area contributed by atoms with Gasteiger partial charge in [0, 0.05) is 19.1 Å². The van der Waals surface area contributed by atoms with Crippen molar-refractivity contribution in [3.63, 3.8) is 0 Å². The summed E-state index contributed by atoms with van der Waals surface area (Å²) in [5.41, 5.74) is 0. The third-order valence-corrected chi connectivity index (χ3v) is 4.10. The number of piperazine rings is 1. The van der Waals surface area contributed by atoms with Gasteiger partial charge in [-0.25, -0.2) is 0 Å². The zero-order valence-electron chi connectivity index (χ0n) is 8.54. The highest BCUT2D eigenvalue weighted by atomic mass is 16.2. The Bertz CT molecular complexity index is 242. The second kappa shape index (κ2) is 3.23. The van der Waals surface area contributed by atoms with Gasteiger partial charge in [0.05, 0.1) is 6.54 Å². The van der Waals surface area contributed by atoms with Gasteiger partial charge in [0.2, 0.25) is 5.91 Å². The minimum absolute atomic E-state index is 0.329. The van der Waals surface area contributed by atoms with E-state index in [2.05, 4.69) is 10.2 Å². The Morgan fingerprint density at radius 1 is 1.21 bits per heavy atom. The number of hydrogen-bond acceptors (Lipinski definition) is 2. The maximum atomic E-state index is 11.7. The van der Waals surface area contributed by atoms with E-state index in [4.69, 9.17) is 0 Å². The molecule has 0 spiro atoms. The van der Waals surface area contributed by atoms with Gasteiger partial charge in [0.15, 0.2) is 0 Å². The standard InChI is InChI=1S/C11H18N2O/c14-10-7-12-5-6-13(10)11-8-3-1-2-4-9(8)11/h8-9,11-12H,1-7H2. The van der Waals surface area contributed by atoms with Crippen molar-refractivity contribution in [2.24, 2.45) is 11.8 Å². The molecule has 0 bridgehead atoms. The molecule has 3 rings (SSSR count). The van der Waals surface area contributed by atoms with Crippen molar-refractivity contribution < 1.29 is 4.79 Å². The highest BCUT2D eigenvalue weighted by molar-refractivity contribution is 5.79. The van der Waals surface area contributed by atoms with Gasteiger partial charge in [-0.3, -0.25) is 4.79 Å². The van der Waals surface area contributed by atoms with Crippen molar-refractivity contribution in [1.82, 2.24) is 10.2 Å². The fourth-order valence-corrected chi connectivity index (χ4v) is 3.35. The molecule has 3 heteroatoms. The summed E-state index contributed by atoms with van der Waals surface area (Å²) >= 11 is 0. The van der Waals surface area contributed by atoms with Crippen LogP contribution in [0.4, 0.5) is 0 Å². The Hall–Kier alpha value is -0.570. The molecule has 2 unspecified atom stereocenters. The van der Waals surface area contributed by atoms with Gasteiger partial charge >= 0.3 is 0 Å². The van der Waals surface area contributed by atoms with Gasteiger partial charge in [-0.15, -0.1) is 0 Å². The van der Waals surface area contributed by atoms with Crippen molar-refractivity contribution in [3.8, 4) is 0 Å². The van der Waals surface area contributed by atoms with Crippen LogP contribution < -0.4 is 5.32 Å². The molecule has 3 fully saturated rings. The number of amides is 1. The van der Waals surface area contributed by atoms with E-state index in [0.29, 0.717) is 18.5 Å². The molecule has 1 N–H and O–H groups in total. The quantitative estimate of drug-likeness (QED) is 0.663. The predicted octanol–water partition coefficient (Wildman–Crippen LogP) is 0.607. The van der Waals surface area contributed by atoms with Crippen LogP contribution in [0.25, 0.3) is 0 Å². The summed E-state index contributed by atoms with van der Waals surface area (Å²) in [6, 6.07) is 0.632. The molecule has 0 radical (unpaired) electrons. The maximum absolute atomic E-state index is 11.7. The minimum atomic E-state index is 0.329. The summed E-state index contributed by atoms with van der Waals surface area (Å²) < 4.78 is 0. The lowest BCUT2D eigenvalue weighted by atomic mass is 10.0. The van der Waals surface area contributed by atoms with Gasteiger partial charge < -0.3 is 10.2 Å². The van der Waals surface area contributed by atoms with Crippen LogP contribution in [0.2, 0.25) is 0 Å². The normalized spacial score (nSPS) is 42.1. The summed E-state index contributed by atoms with van der Waals surface area (Å²) in [5, 5.41) is 3.14. The highest BCUT2D eigenvalue weighted by Crippen LogP contribution is 2.52. The van der Waals surface area contributed by atoms with Gasteiger partial charge in [-0.2, -0.15) is 0 Å². The van der Waals surface area contributed by atoms with Crippen molar-refractivity contribution in [2.75, 3.05) is 19.6 Å². The molecule has 1 amide bonds. The second-order valence-electron chi connectivity index (χ2n) is 4.87. The Morgan fingerprint density at radius 3 is 2.57 bits per heavy atom. The van der Waals surface area contributed by atoms with Crippen LogP contribution in [0.5, 0.6) is 0 Å². The molecule has 0 aromatic carbocycles. The van der Waals surface area contributed by atoms with Crippen molar-refractivity contribution in [2.45, 2.75) is 31.7 Å². The van der Waals surface area contributed by atoms with Crippen LogP contribution in [0.1, 0.15) is 25.7 Å². The highest BCUT2D eigenvalue weighted by Gasteiger charge is 2.54. The van der Waals surface area contributed by atoms with Gasteiger partial charge in [0.25, 0.3) is 0 Å². The number of fused-ring (bicyclic) bond motifs is 1. The van der Waals surface area contributed by atoms with Crippen molar-refractivity contribution >= 4 is 5.91 Å². The minimum Gasteiger partial charge on any atom is -0.337 e. The second-order valence-corrected chi connectivity index (χ2v) is 4.87. The first-order chi connectivity index (χ1) is 6.88. The third-order valence-electron chi connectivity index (χ3n) is 4.10. The molecule has 3 aliphatic rings. The lowest BCUT2D eigenvalue weighted by Crippen LogP contribution is -2.49. The summed E-state index contributed by atoms with van der Waals surface area (Å²) in [6.07, 6.45) is 5.51. The summed E-state index contributed by atoms with van der Waals surface area (Å²) in [4.78, 5) is 13.8. The molecule has 3 nitrogen and oxygen atoms in total. The van der Waals surface area contributed by atoms with Crippen LogP contribution >= 0.6 is 0 Å². The van der Waals surface area contributed by atoms with Crippen LogP contribution in [-0.4, -0.2) is 36.5 Å². The molecular formula is C11H18N2O. The lowest BCUT2D eigenvalue weighted by Gasteiger charge is -2.28. The Morgan fingerprint density at radius 2 is 1.93 bits per heavy atom. The number of rotatable bonds is 1. The van der Waals surface area contributed by atoms with E-state index in [1.807, 2.05) is 0 Å². The van der Waals surface area contributed by atoms with Gasteiger partial charge in [-0.05, 0) is 24.7 Å². The fraction of sp³-hybridized carbons (Fsp3) is 0.909. The molecule has 2 atom stereocenters. The smallest absolute Gasteiger partial charge is 0.236 e. The molecule has 0 aromatic rings. The largest absolute Gasteiger partial charge is 0.337 e. The Balaban J connectivity index is 1.68. The number of carbonyl (C=O) groups excluding carboxylic acids is 1. The Labute approximate surface area is 84.8 Å². The number of carbonyl (C=O) groups is 1. The molecule has 14 heavy (non-hydrogen) atoms. The molecule has 1 saturated heterocycles. The van der Waals surface area contributed by atoms with Crippen LogP contribution in [0, 0.1) is 11.8 Å². The maximum Gasteiger partial charge on any atom is 0.236 e. The molecule has 1 heterocycles. The fourth-order valence-electron chi connectivity index (χ4n) is 3.35. The predicted molar refractivity (Wildman–Crippen MR) is 53.8 cm³/mol. The van der Waals surface area contributed by atoms with Crippen LogP contribution in [-0.2, 0) is 4.79 Å². The number of nitrogens with one attached hydrogen (secondary N) is 1. The number of nitrogens with zero attached hydrogens (tertiary/aromatic N) is 1. The van der Waals surface area contributed by atoms with Gasteiger partial charge in [0.1, 0.15) is 0 Å². The molecule has 0 aromatic heterocycles. The van der Waals surface area contributed by atoms with E-state index < -0.39 is 0 Å². The number of hydrogen-bond donors (Lipinski definition) is 1.